The number of hydrogen-bond acceptors (Lipinski definition) is 4. The minimum Gasteiger partial charge on any atom is -0.460 e. The van der Waals surface area contributed by atoms with Crippen LogP contribution in [0.15, 0.2) is 12.7 Å². The summed E-state index contributed by atoms with van der Waals surface area (Å²) in [7, 11) is 0. The molecular formula is C9H12ClNO4. The lowest BCUT2D eigenvalue weighted by Crippen LogP contribution is -2.45. The van der Waals surface area contributed by atoms with Crippen LogP contribution in [0.4, 0.5) is 4.79 Å². The predicted molar refractivity (Wildman–Crippen MR) is 53.2 cm³/mol. The minimum atomic E-state index is -0.767. The molecule has 0 radical (unpaired) electrons. The smallest absolute Gasteiger partial charge is 0.425 e. The zero-order valence-corrected chi connectivity index (χ0v) is 9.12. The lowest BCUT2D eigenvalue weighted by molar-refractivity contribution is -0.140. The summed E-state index contributed by atoms with van der Waals surface area (Å²) in [4.78, 5) is 22.0. The Labute approximate surface area is 92.7 Å². The van der Waals surface area contributed by atoms with Crippen molar-refractivity contribution >= 4 is 23.8 Å². The molecule has 1 heterocycles. The van der Waals surface area contributed by atoms with E-state index in [0.717, 1.165) is 10.5 Å². The van der Waals surface area contributed by atoms with Gasteiger partial charge in [-0.05, 0) is 6.42 Å². The quantitative estimate of drug-likeness (QED) is 0.419. The molecule has 1 saturated heterocycles. The van der Waals surface area contributed by atoms with Crippen molar-refractivity contribution in [3.63, 3.8) is 0 Å². The zero-order valence-electron chi connectivity index (χ0n) is 8.36. The number of rotatable bonds is 4. The van der Waals surface area contributed by atoms with E-state index in [1.807, 2.05) is 6.92 Å². The van der Waals surface area contributed by atoms with Crippen molar-refractivity contribution in [2.75, 3.05) is 13.2 Å². The van der Waals surface area contributed by atoms with Gasteiger partial charge in [-0.2, -0.15) is 0 Å². The summed E-state index contributed by atoms with van der Waals surface area (Å²) in [6, 6.07) is 0. The molecule has 84 valence electrons. The molecule has 0 N–H and O–H groups in total. The highest BCUT2D eigenvalue weighted by atomic mass is 35.5. The summed E-state index contributed by atoms with van der Waals surface area (Å²) in [5.41, 5.74) is -0.767. The van der Waals surface area contributed by atoms with Crippen LogP contribution in [0.1, 0.15) is 13.3 Å². The van der Waals surface area contributed by atoms with E-state index in [4.69, 9.17) is 21.3 Å². The number of carbonyl (C=O) groups excluding carboxylic acids is 2. The molecule has 0 bridgehead atoms. The van der Waals surface area contributed by atoms with E-state index in [1.54, 1.807) is 0 Å². The Kier molecular flexibility index (Phi) is 3.57. The van der Waals surface area contributed by atoms with Gasteiger partial charge in [-0.15, -0.1) is 0 Å². The van der Waals surface area contributed by atoms with Crippen LogP contribution in [0, 0.1) is 0 Å². The second-order valence-corrected chi connectivity index (χ2v) is 3.56. The first-order chi connectivity index (χ1) is 7.05. The first-order valence-corrected chi connectivity index (χ1v) is 4.81. The van der Waals surface area contributed by atoms with Gasteiger partial charge in [0.1, 0.15) is 18.8 Å². The third kappa shape index (κ3) is 2.23. The van der Waals surface area contributed by atoms with Crippen LogP contribution in [0.5, 0.6) is 0 Å². The largest absolute Gasteiger partial charge is 0.460 e. The number of ether oxygens (including phenoxy) is 2. The Morgan fingerprint density at radius 2 is 2.53 bits per heavy atom. The van der Waals surface area contributed by atoms with Gasteiger partial charge in [0.25, 0.3) is 0 Å². The lowest BCUT2D eigenvalue weighted by Gasteiger charge is -2.28. The number of carbonyl (C=O) groups is 2. The molecule has 15 heavy (non-hydrogen) atoms. The fourth-order valence-corrected chi connectivity index (χ4v) is 1.47. The van der Waals surface area contributed by atoms with E-state index in [2.05, 4.69) is 6.58 Å². The number of cyclic esters (lactones) is 1. The standard InChI is InChI=1S/C9H12ClNO4/c1-3-7(12)14-5-9(4-2)6-15-8(13)11(9)10/h3H,1,4-6H2,2H3. The number of halogens is 1. The highest BCUT2D eigenvalue weighted by molar-refractivity contribution is 6.21. The summed E-state index contributed by atoms with van der Waals surface area (Å²) < 4.78 is 10.6. The number of esters is 1. The summed E-state index contributed by atoms with van der Waals surface area (Å²) in [5, 5.41) is 0. The van der Waals surface area contributed by atoms with E-state index in [0.29, 0.717) is 6.42 Å². The predicted octanol–water partition coefficient (Wildman–Crippen LogP) is 1.47. The van der Waals surface area contributed by atoms with Crippen LogP contribution in [0.25, 0.3) is 0 Å². The van der Waals surface area contributed by atoms with Crippen molar-refractivity contribution in [3.8, 4) is 0 Å². The van der Waals surface area contributed by atoms with Crippen molar-refractivity contribution in [1.29, 1.82) is 0 Å². The van der Waals surface area contributed by atoms with Crippen molar-refractivity contribution < 1.29 is 19.1 Å². The van der Waals surface area contributed by atoms with Crippen molar-refractivity contribution in [2.45, 2.75) is 18.9 Å². The summed E-state index contributed by atoms with van der Waals surface area (Å²) in [5.74, 6) is -0.549. The maximum absolute atomic E-state index is 11.1. The van der Waals surface area contributed by atoms with Gasteiger partial charge in [0.15, 0.2) is 0 Å². The summed E-state index contributed by atoms with van der Waals surface area (Å²) >= 11 is 5.75. The Morgan fingerprint density at radius 3 is 2.93 bits per heavy atom. The SMILES string of the molecule is C=CC(=O)OCC1(CC)COC(=O)N1Cl. The Bertz CT molecular complexity index is 294. The molecule has 1 amide bonds. The summed E-state index contributed by atoms with van der Waals surface area (Å²) in [6.07, 6.45) is 0.972. The first kappa shape index (κ1) is 11.8. The van der Waals surface area contributed by atoms with E-state index in [9.17, 15) is 9.59 Å². The van der Waals surface area contributed by atoms with Crippen LogP contribution >= 0.6 is 11.8 Å². The molecule has 1 aliphatic heterocycles. The molecule has 0 aromatic carbocycles. The van der Waals surface area contributed by atoms with E-state index < -0.39 is 17.6 Å². The second kappa shape index (κ2) is 4.53. The molecule has 1 rings (SSSR count). The molecule has 5 nitrogen and oxygen atoms in total. The molecular weight excluding hydrogens is 222 g/mol. The lowest BCUT2D eigenvalue weighted by atomic mass is 10.00. The van der Waals surface area contributed by atoms with Gasteiger partial charge >= 0.3 is 12.1 Å². The highest BCUT2D eigenvalue weighted by Gasteiger charge is 2.47. The van der Waals surface area contributed by atoms with Crippen LogP contribution in [-0.2, 0) is 14.3 Å². The molecule has 0 aliphatic carbocycles. The molecule has 1 unspecified atom stereocenters. The number of nitrogens with zero attached hydrogens (tertiary/aromatic N) is 1. The molecule has 0 spiro atoms. The fraction of sp³-hybridized carbons (Fsp3) is 0.556. The van der Waals surface area contributed by atoms with Gasteiger partial charge in [0.05, 0.1) is 0 Å². The van der Waals surface area contributed by atoms with Crippen LogP contribution in [0.3, 0.4) is 0 Å². The Hall–Kier alpha value is -1.23. The normalized spacial score (nSPS) is 24.9. The topological polar surface area (TPSA) is 55.8 Å². The van der Waals surface area contributed by atoms with Crippen molar-refractivity contribution in [1.82, 2.24) is 4.42 Å². The average molecular weight is 234 g/mol. The van der Waals surface area contributed by atoms with E-state index in [-0.39, 0.29) is 13.2 Å². The minimum absolute atomic E-state index is 0.00356. The third-order valence-corrected chi connectivity index (χ3v) is 2.85. The third-order valence-electron chi connectivity index (χ3n) is 2.35. The molecule has 1 atom stereocenters. The molecule has 0 aromatic heterocycles. The molecule has 1 aliphatic rings. The van der Waals surface area contributed by atoms with Gasteiger partial charge in [-0.3, -0.25) is 0 Å². The molecule has 0 aromatic rings. The van der Waals surface area contributed by atoms with Crippen molar-refractivity contribution in [3.05, 3.63) is 12.7 Å². The second-order valence-electron chi connectivity index (χ2n) is 3.23. The van der Waals surface area contributed by atoms with Crippen LogP contribution in [-0.4, -0.2) is 35.2 Å². The van der Waals surface area contributed by atoms with Crippen LogP contribution < -0.4 is 0 Å². The zero-order chi connectivity index (χ0) is 11.5. The maximum Gasteiger partial charge on any atom is 0.425 e. The molecule has 0 saturated carbocycles. The monoisotopic (exact) mass is 233 g/mol. The number of amides is 1. The molecule has 6 heteroatoms. The van der Waals surface area contributed by atoms with Gasteiger partial charge in [-0.25, -0.2) is 14.0 Å². The van der Waals surface area contributed by atoms with Gasteiger partial charge in [0, 0.05) is 17.9 Å². The Morgan fingerprint density at radius 1 is 1.87 bits per heavy atom. The van der Waals surface area contributed by atoms with E-state index in [1.165, 1.54) is 0 Å². The number of hydrogen-bond donors (Lipinski definition) is 0. The molecule has 1 fully saturated rings. The summed E-state index contributed by atoms with van der Waals surface area (Å²) in [6.45, 7) is 5.23. The fourth-order valence-electron chi connectivity index (χ4n) is 1.21. The first-order valence-electron chi connectivity index (χ1n) is 4.47. The Balaban J connectivity index is 2.65. The van der Waals surface area contributed by atoms with Crippen molar-refractivity contribution in [2.24, 2.45) is 0 Å². The van der Waals surface area contributed by atoms with Gasteiger partial charge in [0.2, 0.25) is 0 Å². The highest BCUT2D eigenvalue weighted by Crippen LogP contribution is 2.30. The van der Waals surface area contributed by atoms with Crippen LogP contribution in [0.2, 0.25) is 0 Å². The van der Waals surface area contributed by atoms with Gasteiger partial charge in [-0.1, -0.05) is 13.5 Å². The van der Waals surface area contributed by atoms with E-state index >= 15 is 0 Å². The average Bonchev–Trinajstić information content (AvgIpc) is 2.54. The maximum atomic E-state index is 11.1. The van der Waals surface area contributed by atoms with Gasteiger partial charge < -0.3 is 9.47 Å².